The second-order valence-corrected chi connectivity index (χ2v) is 7.64. The van der Waals surface area contributed by atoms with E-state index in [1.54, 1.807) is 37.3 Å². The van der Waals surface area contributed by atoms with Crippen LogP contribution < -0.4 is 10.0 Å². The minimum absolute atomic E-state index is 0.215. The van der Waals surface area contributed by atoms with Gasteiger partial charge in [0.1, 0.15) is 5.82 Å². The molecule has 1 amide bonds. The Morgan fingerprint density at radius 3 is 2.40 bits per heavy atom. The minimum Gasteiger partial charge on any atom is -0.352 e. The van der Waals surface area contributed by atoms with Crippen LogP contribution in [0, 0.1) is 12.7 Å². The fourth-order valence-corrected chi connectivity index (χ4v) is 3.00. The summed E-state index contributed by atoms with van der Waals surface area (Å²) in [4.78, 5) is 12.2. The second-order valence-electron chi connectivity index (χ2n) is 5.89. The highest BCUT2D eigenvalue weighted by molar-refractivity contribution is 7.92. The zero-order valence-electron chi connectivity index (χ0n) is 14.2. The van der Waals surface area contributed by atoms with Crippen LogP contribution in [0.4, 0.5) is 10.1 Å². The summed E-state index contributed by atoms with van der Waals surface area (Å²) in [7, 11) is -3.35. The van der Waals surface area contributed by atoms with E-state index in [1.165, 1.54) is 12.1 Å². The molecule has 25 heavy (non-hydrogen) atoms. The fraction of sp³-hybridized carbons (Fsp3) is 0.278. The quantitative estimate of drug-likeness (QED) is 0.742. The van der Waals surface area contributed by atoms with Crippen molar-refractivity contribution < 1.29 is 17.6 Å². The summed E-state index contributed by atoms with van der Waals surface area (Å²) < 4.78 is 37.8. The van der Waals surface area contributed by atoms with Gasteiger partial charge in [0.05, 0.1) is 11.9 Å². The molecule has 0 aliphatic carbocycles. The Morgan fingerprint density at radius 1 is 1.12 bits per heavy atom. The monoisotopic (exact) mass is 364 g/mol. The van der Waals surface area contributed by atoms with Crippen molar-refractivity contribution in [1.29, 1.82) is 0 Å². The number of nitrogens with one attached hydrogen (secondary N) is 2. The van der Waals surface area contributed by atoms with Gasteiger partial charge in [0.25, 0.3) is 5.91 Å². The van der Waals surface area contributed by atoms with Crippen LogP contribution in [0.1, 0.15) is 27.9 Å². The first-order valence-corrected chi connectivity index (χ1v) is 9.75. The zero-order valence-corrected chi connectivity index (χ0v) is 15.0. The van der Waals surface area contributed by atoms with E-state index in [9.17, 15) is 17.6 Å². The van der Waals surface area contributed by atoms with Crippen molar-refractivity contribution in [2.75, 3.05) is 17.5 Å². The van der Waals surface area contributed by atoms with Gasteiger partial charge in [-0.05, 0) is 61.2 Å². The predicted octanol–water partition coefficient (Wildman–Crippen LogP) is 2.87. The lowest BCUT2D eigenvalue weighted by molar-refractivity contribution is 0.0953. The number of hydrogen-bond acceptors (Lipinski definition) is 3. The number of halogens is 1. The highest BCUT2D eigenvalue weighted by Gasteiger charge is 2.09. The Hall–Kier alpha value is -2.41. The van der Waals surface area contributed by atoms with Crippen molar-refractivity contribution in [3.05, 3.63) is 65.0 Å². The van der Waals surface area contributed by atoms with Gasteiger partial charge in [0.15, 0.2) is 0 Å². The third-order valence-corrected chi connectivity index (χ3v) is 4.22. The summed E-state index contributed by atoms with van der Waals surface area (Å²) in [5, 5.41) is 2.82. The average molecular weight is 364 g/mol. The van der Waals surface area contributed by atoms with E-state index in [2.05, 4.69) is 10.0 Å². The molecule has 2 N–H and O–H groups in total. The SMILES string of the molecule is Cc1cc(C(=O)NCCCc2ccc(F)cc2)ccc1NS(C)(=O)=O. The Kier molecular flexibility index (Phi) is 6.14. The van der Waals surface area contributed by atoms with Crippen molar-refractivity contribution >= 4 is 21.6 Å². The van der Waals surface area contributed by atoms with Gasteiger partial charge in [-0.2, -0.15) is 0 Å². The first-order valence-electron chi connectivity index (χ1n) is 7.86. The molecule has 5 nitrogen and oxygen atoms in total. The molecular weight excluding hydrogens is 343 g/mol. The van der Waals surface area contributed by atoms with Crippen molar-refractivity contribution in [3.63, 3.8) is 0 Å². The summed E-state index contributed by atoms with van der Waals surface area (Å²) in [6.07, 6.45) is 2.56. The molecule has 0 bridgehead atoms. The number of hydrogen-bond donors (Lipinski definition) is 2. The van der Waals surface area contributed by atoms with E-state index in [4.69, 9.17) is 0 Å². The lowest BCUT2D eigenvalue weighted by Gasteiger charge is -2.10. The molecule has 0 aliphatic rings. The number of aryl methyl sites for hydroxylation is 2. The van der Waals surface area contributed by atoms with Crippen molar-refractivity contribution in [1.82, 2.24) is 5.32 Å². The molecule has 0 fully saturated rings. The van der Waals surface area contributed by atoms with E-state index < -0.39 is 10.0 Å². The smallest absolute Gasteiger partial charge is 0.251 e. The van der Waals surface area contributed by atoms with Crippen LogP contribution >= 0.6 is 0 Å². The number of sulfonamides is 1. The molecule has 0 atom stereocenters. The van der Waals surface area contributed by atoms with Crippen LogP contribution in [0.5, 0.6) is 0 Å². The summed E-state index contributed by atoms with van der Waals surface area (Å²) >= 11 is 0. The molecule has 2 rings (SSSR count). The molecule has 7 heteroatoms. The summed E-state index contributed by atoms with van der Waals surface area (Å²) in [6.45, 7) is 2.23. The van der Waals surface area contributed by atoms with E-state index in [0.717, 1.165) is 24.7 Å². The van der Waals surface area contributed by atoms with Crippen molar-refractivity contribution in [2.45, 2.75) is 19.8 Å². The molecular formula is C18H21FN2O3S. The molecule has 0 unspecified atom stereocenters. The Bertz CT molecular complexity index is 849. The first kappa shape index (κ1) is 18.9. The van der Waals surface area contributed by atoms with Gasteiger partial charge < -0.3 is 5.32 Å². The normalized spacial score (nSPS) is 11.2. The maximum Gasteiger partial charge on any atom is 0.251 e. The second kappa shape index (κ2) is 8.11. The molecule has 0 heterocycles. The Morgan fingerprint density at radius 2 is 1.80 bits per heavy atom. The van der Waals surface area contributed by atoms with Gasteiger partial charge in [-0.3, -0.25) is 9.52 Å². The summed E-state index contributed by atoms with van der Waals surface area (Å²) in [6, 6.07) is 11.1. The van der Waals surface area contributed by atoms with Gasteiger partial charge in [-0.1, -0.05) is 12.1 Å². The molecule has 0 saturated carbocycles. The number of amides is 1. The van der Waals surface area contributed by atoms with Crippen molar-refractivity contribution in [2.24, 2.45) is 0 Å². The van der Waals surface area contributed by atoms with Crippen LogP contribution in [0.25, 0.3) is 0 Å². The number of carbonyl (C=O) groups excluding carboxylic acids is 1. The third kappa shape index (κ3) is 6.19. The first-order chi connectivity index (χ1) is 11.7. The molecule has 134 valence electrons. The maximum absolute atomic E-state index is 12.8. The van der Waals surface area contributed by atoms with Crippen LogP contribution in [0.15, 0.2) is 42.5 Å². The molecule has 2 aromatic carbocycles. The van der Waals surface area contributed by atoms with Crippen LogP contribution in [0.3, 0.4) is 0 Å². The van der Waals surface area contributed by atoms with Crippen LogP contribution in [0.2, 0.25) is 0 Å². The minimum atomic E-state index is -3.35. The molecule has 0 aromatic heterocycles. The van der Waals surface area contributed by atoms with Crippen LogP contribution in [-0.2, 0) is 16.4 Å². The van der Waals surface area contributed by atoms with Crippen molar-refractivity contribution in [3.8, 4) is 0 Å². The molecule has 2 aromatic rings. The van der Waals surface area contributed by atoms with Gasteiger partial charge in [-0.25, -0.2) is 12.8 Å². The topological polar surface area (TPSA) is 75.3 Å². The Balaban J connectivity index is 1.86. The zero-order chi connectivity index (χ0) is 18.4. The molecule has 0 saturated heterocycles. The maximum atomic E-state index is 12.8. The summed E-state index contributed by atoms with van der Waals surface area (Å²) in [5.41, 5.74) is 2.61. The number of benzene rings is 2. The van der Waals surface area contributed by atoms with Gasteiger partial charge in [0.2, 0.25) is 10.0 Å². The van der Waals surface area contributed by atoms with Gasteiger partial charge in [0, 0.05) is 12.1 Å². The highest BCUT2D eigenvalue weighted by atomic mass is 32.2. The van der Waals surface area contributed by atoms with Crippen LogP contribution in [-0.4, -0.2) is 27.1 Å². The lowest BCUT2D eigenvalue weighted by atomic mass is 10.1. The largest absolute Gasteiger partial charge is 0.352 e. The number of rotatable bonds is 7. The van der Waals surface area contributed by atoms with Gasteiger partial charge >= 0.3 is 0 Å². The van der Waals surface area contributed by atoms with E-state index in [-0.39, 0.29) is 11.7 Å². The molecule has 0 spiro atoms. The van der Waals surface area contributed by atoms with E-state index >= 15 is 0 Å². The third-order valence-electron chi connectivity index (χ3n) is 3.62. The lowest BCUT2D eigenvalue weighted by Crippen LogP contribution is -2.25. The molecule has 0 aliphatic heterocycles. The fourth-order valence-electron chi connectivity index (χ4n) is 2.37. The standard InChI is InChI=1S/C18H21FN2O3S/c1-13-12-15(7-10-17(13)21-25(2,23)24)18(22)20-11-3-4-14-5-8-16(19)9-6-14/h5-10,12,21H,3-4,11H2,1-2H3,(H,20,22). The average Bonchev–Trinajstić information content (AvgIpc) is 2.53. The molecule has 0 radical (unpaired) electrons. The predicted molar refractivity (Wildman–Crippen MR) is 96.7 cm³/mol. The number of anilines is 1. The summed E-state index contributed by atoms with van der Waals surface area (Å²) in [5.74, 6) is -0.477. The van der Waals surface area contributed by atoms with E-state index in [0.29, 0.717) is 23.4 Å². The highest BCUT2D eigenvalue weighted by Crippen LogP contribution is 2.17. The number of carbonyl (C=O) groups is 1. The Labute approximate surface area is 147 Å². The van der Waals surface area contributed by atoms with Gasteiger partial charge in [-0.15, -0.1) is 0 Å². The van der Waals surface area contributed by atoms with E-state index in [1.807, 2.05) is 0 Å².